The number of aliphatic hydroxyl groups excluding tert-OH is 3. The molecular formula is C22H41NO3. The highest BCUT2D eigenvalue weighted by Crippen LogP contribution is 2.36. The quantitative estimate of drug-likeness (QED) is 0.344. The van der Waals surface area contributed by atoms with Crippen LogP contribution in [-0.4, -0.2) is 59.2 Å². The molecule has 4 nitrogen and oxygen atoms in total. The summed E-state index contributed by atoms with van der Waals surface area (Å²) >= 11 is 0. The van der Waals surface area contributed by atoms with Gasteiger partial charge in [-0.1, -0.05) is 50.5 Å². The van der Waals surface area contributed by atoms with Crippen LogP contribution in [-0.2, 0) is 0 Å². The number of rotatable bonds is 13. The van der Waals surface area contributed by atoms with Gasteiger partial charge in [-0.2, -0.15) is 0 Å². The molecule has 4 heteroatoms. The van der Waals surface area contributed by atoms with Crippen molar-refractivity contribution < 1.29 is 15.3 Å². The Morgan fingerprint density at radius 1 is 1.04 bits per heavy atom. The zero-order chi connectivity index (χ0) is 19.4. The number of aliphatic hydroxyl groups is 3. The molecule has 152 valence electrons. The molecule has 0 aliphatic heterocycles. The fourth-order valence-electron chi connectivity index (χ4n) is 3.72. The predicted molar refractivity (Wildman–Crippen MR) is 109 cm³/mol. The third-order valence-electron chi connectivity index (χ3n) is 5.38. The van der Waals surface area contributed by atoms with E-state index in [1.807, 2.05) is 12.2 Å². The van der Waals surface area contributed by atoms with Gasteiger partial charge in [0, 0.05) is 12.3 Å². The van der Waals surface area contributed by atoms with Crippen LogP contribution in [0.2, 0.25) is 0 Å². The fourth-order valence-corrected chi connectivity index (χ4v) is 3.72. The van der Waals surface area contributed by atoms with Gasteiger partial charge in [-0.15, -0.1) is 0 Å². The van der Waals surface area contributed by atoms with Crippen molar-refractivity contribution in [3.05, 3.63) is 24.3 Å². The highest BCUT2D eigenvalue weighted by molar-refractivity contribution is 5.06. The zero-order valence-electron chi connectivity index (χ0n) is 17.1. The average molecular weight is 368 g/mol. The van der Waals surface area contributed by atoms with Crippen molar-refractivity contribution in [3.8, 4) is 0 Å². The molecule has 5 atom stereocenters. The maximum Gasteiger partial charge on any atom is 0.0721 e. The van der Waals surface area contributed by atoms with Crippen LogP contribution in [0.4, 0.5) is 0 Å². The van der Waals surface area contributed by atoms with Gasteiger partial charge in [0.1, 0.15) is 0 Å². The van der Waals surface area contributed by atoms with Crippen LogP contribution in [0.3, 0.4) is 0 Å². The Labute approximate surface area is 160 Å². The van der Waals surface area contributed by atoms with E-state index in [9.17, 15) is 15.3 Å². The Kier molecular flexibility index (Phi) is 12.1. The van der Waals surface area contributed by atoms with E-state index in [4.69, 9.17) is 0 Å². The summed E-state index contributed by atoms with van der Waals surface area (Å²) in [6, 6.07) is 0. The molecule has 1 aliphatic rings. The number of nitrogens with zero attached hydrogens (tertiary/aromatic N) is 1. The van der Waals surface area contributed by atoms with E-state index in [0.717, 1.165) is 45.1 Å². The molecule has 0 heterocycles. The summed E-state index contributed by atoms with van der Waals surface area (Å²) in [7, 11) is 4.19. The molecule has 0 radical (unpaired) electrons. The first kappa shape index (κ1) is 23.4. The van der Waals surface area contributed by atoms with Crippen molar-refractivity contribution in [1.82, 2.24) is 4.90 Å². The Morgan fingerprint density at radius 2 is 1.81 bits per heavy atom. The Morgan fingerprint density at radius 3 is 2.50 bits per heavy atom. The van der Waals surface area contributed by atoms with Crippen LogP contribution in [0.1, 0.15) is 64.7 Å². The largest absolute Gasteiger partial charge is 0.393 e. The fraction of sp³-hybridized carbons (Fsp3) is 0.818. The normalized spacial score (nSPS) is 28.0. The molecular weight excluding hydrogens is 326 g/mol. The Bertz CT molecular complexity index is 408. The third-order valence-corrected chi connectivity index (χ3v) is 5.38. The van der Waals surface area contributed by atoms with Gasteiger partial charge in [-0.25, -0.2) is 0 Å². The summed E-state index contributed by atoms with van der Waals surface area (Å²) in [5.74, 6) is -0.0219. The second kappa shape index (κ2) is 13.5. The van der Waals surface area contributed by atoms with Gasteiger partial charge in [0.15, 0.2) is 0 Å². The van der Waals surface area contributed by atoms with Gasteiger partial charge in [0.2, 0.25) is 0 Å². The van der Waals surface area contributed by atoms with Gasteiger partial charge in [0.25, 0.3) is 0 Å². The SMILES string of the molecule is CCCCCC(O)C=CC1C(O)CC(O)C1CC=CCCCCN(C)C. The highest BCUT2D eigenvalue weighted by atomic mass is 16.3. The van der Waals surface area contributed by atoms with E-state index in [-0.39, 0.29) is 11.8 Å². The lowest BCUT2D eigenvalue weighted by atomic mass is 9.89. The molecule has 0 bridgehead atoms. The first-order chi connectivity index (χ1) is 12.5. The van der Waals surface area contributed by atoms with Gasteiger partial charge >= 0.3 is 0 Å². The summed E-state index contributed by atoms with van der Waals surface area (Å²) < 4.78 is 0. The van der Waals surface area contributed by atoms with E-state index >= 15 is 0 Å². The molecule has 0 aromatic heterocycles. The molecule has 0 spiro atoms. The number of hydrogen-bond donors (Lipinski definition) is 3. The molecule has 1 fully saturated rings. The monoisotopic (exact) mass is 367 g/mol. The van der Waals surface area contributed by atoms with E-state index in [0.29, 0.717) is 6.42 Å². The number of unbranched alkanes of at least 4 members (excludes halogenated alkanes) is 4. The second-order valence-corrected chi connectivity index (χ2v) is 8.07. The molecule has 0 aromatic rings. The minimum absolute atomic E-state index is 0.0436. The highest BCUT2D eigenvalue weighted by Gasteiger charge is 2.39. The van der Waals surface area contributed by atoms with Gasteiger partial charge in [-0.3, -0.25) is 0 Å². The standard InChI is InChI=1S/C22H41NO3/c1-4-5-9-12-18(24)14-15-20-19(21(25)17-22(20)26)13-10-7-6-8-11-16-23(2)3/h7,10,14-15,18-22,24-26H,4-6,8-9,11-13,16-17H2,1-3H3. The zero-order valence-corrected chi connectivity index (χ0v) is 17.1. The van der Waals surface area contributed by atoms with E-state index in [2.05, 4.69) is 38.1 Å². The summed E-state index contributed by atoms with van der Waals surface area (Å²) in [4.78, 5) is 2.20. The second-order valence-electron chi connectivity index (χ2n) is 8.07. The predicted octanol–water partition coefficient (Wildman–Crippen LogP) is 3.52. The lowest BCUT2D eigenvalue weighted by Gasteiger charge is -2.19. The summed E-state index contributed by atoms with van der Waals surface area (Å²) in [6.45, 7) is 3.27. The van der Waals surface area contributed by atoms with Crippen molar-refractivity contribution in [3.63, 3.8) is 0 Å². The molecule has 1 aliphatic carbocycles. The van der Waals surface area contributed by atoms with Crippen molar-refractivity contribution in [2.45, 2.75) is 83.0 Å². The average Bonchev–Trinajstić information content (AvgIpc) is 2.85. The third kappa shape index (κ3) is 9.31. The van der Waals surface area contributed by atoms with Crippen molar-refractivity contribution in [1.29, 1.82) is 0 Å². The number of allylic oxidation sites excluding steroid dienone is 2. The van der Waals surface area contributed by atoms with Crippen LogP contribution in [0.5, 0.6) is 0 Å². The van der Waals surface area contributed by atoms with E-state index < -0.39 is 18.3 Å². The van der Waals surface area contributed by atoms with Crippen LogP contribution < -0.4 is 0 Å². The lowest BCUT2D eigenvalue weighted by Crippen LogP contribution is -2.20. The molecule has 0 aromatic carbocycles. The molecule has 3 N–H and O–H groups in total. The van der Waals surface area contributed by atoms with Crippen molar-refractivity contribution in [2.24, 2.45) is 11.8 Å². The van der Waals surface area contributed by atoms with Crippen LogP contribution in [0.15, 0.2) is 24.3 Å². The van der Waals surface area contributed by atoms with Crippen molar-refractivity contribution >= 4 is 0 Å². The van der Waals surface area contributed by atoms with Crippen LogP contribution >= 0.6 is 0 Å². The molecule has 26 heavy (non-hydrogen) atoms. The summed E-state index contributed by atoms with van der Waals surface area (Å²) in [6.07, 6.45) is 15.4. The van der Waals surface area contributed by atoms with E-state index in [1.54, 1.807) is 0 Å². The Balaban J connectivity index is 2.41. The minimum Gasteiger partial charge on any atom is -0.393 e. The molecule has 5 unspecified atom stereocenters. The summed E-state index contributed by atoms with van der Waals surface area (Å²) in [5, 5.41) is 30.6. The van der Waals surface area contributed by atoms with Gasteiger partial charge in [-0.05, 0) is 58.7 Å². The summed E-state index contributed by atoms with van der Waals surface area (Å²) in [5.41, 5.74) is 0. The van der Waals surface area contributed by atoms with Crippen molar-refractivity contribution in [2.75, 3.05) is 20.6 Å². The van der Waals surface area contributed by atoms with E-state index in [1.165, 1.54) is 12.8 Å². The first-order valence-corrected chi connectivity index (χ1v) is 10.5. The topological polar surface area (TPSA) is 63.9 Å². The lowest BCUT2D eigenvalue weighted by molar-refractivity contribution is 0.120. The molecule has 1 saturated carbocycles. The maximum absolute atomic E-state index is 10.3. The van der Waals surface area contributed by atoms with Crippen LogP contribution in [0.25, 0.3) is 0 Å². The van der Waals surface area contributed by atoms with Gasteiger partial charge < -0.3 is 20.2 Å². The molecule has 1 rings (SSSR count). The maximum atomic E-state index is 10.3. The Hall–Kier alpha value is -0.680. The van der Waals surface area contributed by atoms with Crippen LogP contribution in [0, 0.1) is 11.8 Å². The molecule has 0 saturated heterocycles. The number of hydrogen-bond acceptors (Lipinski definition) is 4. The van der Waals surface area contributed by atoms with Gasteiger partial charge in [0.05, 0.1) is 18.3 Å². The molecule has 0 amide bonds. The smallest absolute Gasteiger partial charge is 0.0721 e. The minimum atomic E-state index is -0.511. The first-order valence-electron chi connectivity index (χ1n) is 10.5.